The number of fused-ring (bicyclic) bond motifs is 1. The van der Waals surface area contributed by atoms with Crippen molar-refractivity contribution in [1.82, 2.24) is 9.88 Å². The first kappa shape index (κ1) is 29.1. The van der Waals surface area contributed by atoms with E-state index in [-0.39, 0.29) is 12.3 Å². The van der Waals surface area contributed by atoms with E-state index in [9.17, 15) is 18.3 Å². The monoisotopic (exact) mass is 582 g/mol. The maximum atomic E-state index is 12.5. The number of sulfonamides is 1. The van der Waals surface area contributed by atoms with E-state index in [0.717, 1.165) is 5.56 Å². The van der Waals surface area contributed by atoms with E-state index in [1.165, 1.54) is 10.6 Å². The zero-order valence-corrected chi connectivity index (χ0v) is 24.0. The summed E-state index contributed by atoms with van der Waals surface area (Å²) < 4.78 is 26.3. The van der Waals surface area contributed by atoms with Crippen LogP contribution in [0.1, 0.15) is 23.1 Å². The van der Waals surface area contributed by atoms with E-state index >= 15 is 0 Å². The number of likely N-dealkylation sites (N-methyl/N-ethyl adjacent to an activating group) is 1. The third kappa shape index (κ3) is 7.01. The Morgan fingerprint density at radius 3 is 2.40 bits per heavy atom. The quantitative estimate of drug-likeness (QED) is 0.213. The minimum absolute atomic E-state index is 0.0150. The molecule has 0 unspecified atom stereocenters. The van der Waals surface area contributed by atoms with Crippen molar-refractivity contribution in [1.29, 1.82) is 0 Å². The lowest BCUT2D eigenvalue weighted by molar-refractivity contribution is -0.136. The predicted octanol–water partition coefficient (Wildman–Crippen LogP) is 5.04. The van der Waals surface area contributed by atoms with Crippen LogP contribution in [0, 0.1) is 0 Å². The van der Waals surface area contributed by atoms with E-state index in [4.69, 9.17) is 21.7 Å². The topological polar surface area (TPSA) is 126 Å². The Morgan fingerprint density at radius 1 is 1.02 bits per heavy atom. The number of halogens is 1. The van der Waals surface area contributed by atoms with Crippen molar-refractivity contribution in [2.24, 2.45) is 4.99 Å². The molecule has 0 aliphatic carbocycles. The van der Waals surface area contributed by atoms with Crippen LogP contribution in [0.5, 0.6) is 5.88 Å². The van der Waals surface area contributed by atoms with Gasteiger partial charge in [-0.05, 0) is 68.5 Å². The van der Waals surface area contributed by atoms with Gasteiger partial charge in [0.15, 0.2) is 5.88 Å². The number of aryl methyl sites for hydroxylation is 1. The molecule has 0 aliphatic rings. The average Bonchev–Trinajstić information content (AvgIpc) is 3.20. The largest absolute Gasteiger partial charge is 0.494 e. The van der Waals surface area contributed by atoms with Crippen molar-refractivity contribution >= 4 is 55.6 Å². The van der Waals surface area contributed by atoms with Gasteiger partial charge in [0.2, 0.25) is 10.0 Å². The Balaban J connectivity index is 1.82. The number of aromatic amines is 1. The van der Waals surface area contributed by atoms with Crippen molar-refractivity contribution in [3.63, 3.8) is 0 Å². The van der Waals surface area contributed by atoms with Crippen LogP contribution in [0.15, 0.2) is 71.7 Å². The van der Waals surface area contributed by atoms with E-state index in [2.05, 4.69) is 4.98 Å². The van der Waals surface area contributed by atoms with Gasteiger partial charge in [-0.15, -0.1) is 0 Å². The summed E-state index contributed by atoms with van der Waals surface area (Å²) in [4.78, 5) is 20.9. The van der Waals surface area contributed by atoms with Crippen LogP contribution in [0.4, 0.5) is 11.4 Å². The number of rotatable bonds is 11. The SMILES string of the molecule is CN(C)CCN(c1ccc(N=C(c2cccc(CCC(=O)O)c2)c2c(O)[nH]c3cc(Cl)ccc23)cc1)S(C)(=O)=O. The first-order valence-electron chi connectivity index (χ1n) is 12.6. The molecule has 0 atom stereocenters. The third-order valence-electron chi connectivity index (χ3n) is 6.33. The third-order valence-corrected chi connectivity index (χ3v) is 7.76. The summed E-state index contributed by atoms with van der Waals surface area (Å²) in [5.41, 5.74) is 4.12. The van der Waals surface area contributed by atoms with Crippen LogP contribution in [0.2, 0.25) is 5.02 Å². The number of nitrogens with one attached hydrogen (secondary N) is 1. The molecule has 4 aromatic rings. The van der Waals surface area contributed by atoms with Gasteiger partial charge >= 0.3 is 5.97 Å². The molecule has 0 saturated carbocycles. The molecule has 0 radical (unpaired) electrons. The molecule has 210 valence electrons. The van der Waals surface area contributed by atoms with E-state index in [1.807, 2.05) is 43.3 Å². The summed E-state index contributed by atoms with van der Waals surface area (Å²) in [6.07, 6.45) is 1.50. The molecule has 3 aromatic carbocycles. The molecular weight excluding hydrogens is 552 g/mol. The average molecular weight is 583 g/mol. The van der Waals surface area contributed by atoms with Crippen LogP contribution in [-0.2, 0) is 21.2 Å². The van der Waals surface area contributed by atoms with Gasteiger partial charge in [0.1, 0.15) is 0 Å². The van der Waals surface area contributed by atoms with Crippen LogP contribution in [-0.4, -0.2) is 73.6 Å². The molecule has 0 spiro atoms. The molecule has 9 nitrogen and oxygen atoms in total. The zero-order valence-electron chi connectivity index (χ0n) is 22.4. The van der Waals surface area contributed by atoms with Gasteiger partial charge in [0.25, 0.3) is 0 Å². The summed E-state index contributed by atoms with van der Waals surface area (Å²) in [6.45, 7) is 0.855. The summed E-state index contributed by atoms with van der Waals surface area (Å²) in [5, 5.41) is 21.3. The van der Waals surface area contributed by atoms with Gasteiger partial charge in [-0.2, -0.15) is 0 Å². The number of carboxylic acids is 1. The van der Waals surface area contributed by atoms with Gasteiger partial charge in [0.05, 0.1) is 34.4 Å². The first-order valence-corrected chi connectivity index (χ1v) is 14.8. The lowest BCUT2D eigenvalue weighted by Gasteiger charge is -2.24. The maximum absolute atomic E-state index is 12.5. The van der Waals surface area contributed by atoms with Gasteiger partial charge in [-0.25, -0.2) is 13.4 Å². The number of aromatic hydroxyl groups is 1. The Hall–Kier alpha value is -3.86. The summed E-state index contributed by atoms with van der Waals surface area (Å²) >= 11 is 6.17. The van der Waals surface area contributed by atoms with Crippen LogP contribution in [0.3, 0.4) is 0 Å². The Labute approximate surface area is 238 Å². The molecule has 0 saturated heterocycles. The molecule has 1 heterocycles. The van der Waals surface area contributed by atoms with Crippen molar-refractivity contribution in [2.75, 3.05) is 37.7 Å². The molecule has 40 heavy (non-hydrogen) atoms. The number of aromatic nitrogens is 1. The van der Waals surface area contributed by atoms with Crippen LogP contribution < -0.4 is 4.31 Å². The van der Waals surface area contributed by atoms with Gasteiger partial charge < -0.3 is 20.1 Å². The second-order valence-corrected chi connectivity index (χ2v) is 12.1. The fraction of sp³-hybridized carbons (Fsp3) is 0.241. The lowest BCUT2D eigenvalue weighted by Crippen LogP contribution is -2.35. The fourth-order valence-corrected chi connectivity index (χ4v) is 5.48. The fourth-order valence-electron chi connectivity index (χ4n) is 4.39. The first-order chi connectivity index (χ1) is 18.9. The minimum Gasteiger partial charge on any atom is -0.494 e. The number of carbonyl (C=O) groups is 1. The molecule has 11 heteroatoms. The maximum Gasteiger partial charge on any atom is 0.303 e. The highest BCUT2D eigenvalue weighted by atomic mass is 35.5. The van der Waals surface area contributed by atoms with Crippen molar-refractivity contribution in [3.05, 3.63) is 88.4 Å². The molecular formula is C29H31ClN4O5S. The summed E-state index contributed by atoms with van der Waals surface area (Å²) in [6, 6.07) is 19.5. The van der Waals surface area contributed by atoms with Crippen molar-refractivity contribution in [3.8, 4) is 5.88 Å². The number of hydrogen-bond donors (Lipinski definition) is 3. The Kier molecular flexibility index (Phi) is 8.82. The number of H-pyrrole nitrogens is 1. The van der Waals surface area contributed by atoms with E-state index in [0.29, 0.717) is 63.6 Å². The Morgan fingerprint density at radius 2 is 1.75 bits per heavy atom. The van der Waals surface area contributed by atoms with Crippen LogP contribution >= 0.6 is 11.6 Å². The number of aliphatic imine (C=N–C) groups is 1. The number of nitrogens with zero attached hydrogens (tertiary/aromatic N) is 3. The molecule has 3 N–H and O–H groups in total. The number of anilines is 1. The molecule has 0 fully saturated rings. The van der Waals surface area contributed by atoms with Gasteiger partial charge in [-0.1, -0.05) is 35.9 Å². The minimum atomic E-state index is -3.50. The molecule has 1 aromatic heterocycles. The highest BCUT2D eigenvalue weighted by molar-refractivity contribution is 7.92. The highest BCUT2D eigenvalue weighted by Gasteiger charge is 2.20. The second-order valence-electron chi connectivity index (χ2n) is 9.75. The lowest BCUT2D eigenvalue weighted by atomic mass is 9.97. The van der Waals surface area contributed by atoms with E-state index < -0.39 is 16.0 Å². The summed E-state index contributed by atoms with van der Waals surface area (Å²) in [5.74, 6) is -0.977. The standard InChI is InChI=1S/C29H31ClN4O5S/c1-33(2)15-16-34(40(3,38)39)23-11-9-22(10-12-23)31-28(20-6-4-5-19(17-20)7-14-26(35)36)27-24-13-8-21(30)18-25(24)32-29(27)37/h4-6,8-13,17-18,32,37H,7,14-16H2,1-3H3,(H,35,36). The number of benzene rings is 3. The van der Waals surface area contributed by atoms with Crippen molar-refractivity contribution < 1.29 is 23.4 Å². The van der Waals surface area contributed by atoms with Crippen LogP contribution in [0.25, 0.3) is 10.9 Å². The highest BCUT2D eigenvalue weighted by Crippen LogP contribution is 2.33. The predicted molar refractivity (Wildman–Crippen MR) is 160 cm³/mol. The number of carboxylic acid groups (broad SMARTS) is 1. The van der Waals surface area contributed by atoms with Gasteiger partial charge in [-0.3, -0.25) is 9.10 Å². The van der Waals surface area contributed by atoms with E-state index in [1.54, 1.807) is 42.5 Å². The summed E-state index contributed by atoms with van der Waals surface area (Å²) in [7, 11) is 0.262. The van der Waals surface area contributed by atoms with Crippen molar-refractivity contribution in [2.45, 2.75) is 12.8 Å². The van der Waals surface area contributed by atoms with Gasteiger partial charge in [0, 0.05) is 35.5 Å². The molecule has 0 bridgehead atoms. The zero-order chi connectivity index (χ0) is 29.0. The second kappa shape index (κ2) is 12.1. The molecule has 0 amide bonds. The number of hydrogen-bond acceptors (Lipinski definition) is 6. The normalized spacial score (nSPS) is 12.3. The molecule has 0 aliphatic heterocycles. The molecule has 4 rings (SSSR count). The smallest absolute Gasteiger partial charge is 0.303 e. The Bertz CT molecular complexity index is 1660. The number of aliphatic carboxylic acids is 1.